The van der Waals surface area contributed by atoms with Gasteiger partial charge in [-0.2, -0.15) is 5.26 Å². The fraction of sp³-hybridized carbons (Fsp3) is 0.158. The molecule has 2 N–H and O–H groups in total. The molecule has 0 heterocycles. The molecule has 0 aliphatic rings. The molecular formula is C19H19N3O3S2. The van der Waals surface area contributed by atoms with Crippen LogP contribution in [-0.4, -0.2) is 20.6 Å². The lowest BCUT2D eigenvalue weighted by Crippen LogP contribution is -2.29. The van der Waals surface area contributed by atoms with Crippen molar-refractivity contribution in [3.8, 4) is 6.07 Å². The zero-order valence-electron chi connectivity index (χ0n) is 14.9. The number of hydrogen-bond acceptors (Lipinski definition) is 5. The van der Waals surface area contributed by atoms with Crippen molar-refractivity contribution < 1.29 is 13.2 Å². The molecule has 2 aromatic carbocycles. The minimum absolute atomic E-state index is 0.0244. The van der Waals surface area contributed by atoms with E-state index in [0.717, 1.165) is 22.9 Å². The molecule has 0 saturated heterocycles. The number of thioether (sulfide) groups is 1. The Kier molecular flexibility index (Phi) is 7.05. The van der Waals surface area contributed by atoms with Gasteiger partial charge in [-0.3, -0.25) is 9.52 Å². The highest BCUT2D eigenvalue weighted by molar-refractivity contribution is 8.03. The molecule has 8 heteroatoms. The van der Waals surface area contributed by atoms with Gasteiger partial charge < -0.3 is 5.32 Å². The standard InChI is InChI=1S/C19H19N3O3S2/c1-14-8-10-16(11-9-14)27(24,25)22-19(26-2)17(12-20)18(23)21-13-15-6-4-3-5-7-15/h3-11,22H,13H2,1-2H3,(H,21,23). The van der Waals surface area contributed by atoms with Crippen LogP contribution in [0.4, 0.5) is 0 Å². The summed E-state index contributed by atoms with van der Waals surface area (Å²) >= 11 is 0.983. The van der Waals surface area contributed by atoms with Gasteiger partial charge in [0.15, 0.2) is 0 Å². The predicted octanol–water partition coefficient (Wildman–Crippen LogP) is 2.69. The summed E-state index contributed by atoms with van der Waals surface area (Å²) in [7, 11) is -3.90. The summed E-state index contributed by atoms with van der Waals surface area (Å²) in [5.41, 5.74) is 1.51. The van der Waals surface area contributed by atoms with Gasteiger partial charge in [0.25, 0.3) is 15.9 Å². The van der Waals surface area contributed by atoms with E-state index in [1.807, 2.05) is 37.3 Å². The third-order valence-electron chi connectivity index (χ3n) is 3.62. The number of carbonyl (C=O) groups is 1. The highest BCUT2D eigenvalue weighted by Crippen LogP contribution is 2.19. The molecule has 0 radical (unpaired) electrons. The van der Waals surface area contributed by atoms with Crippen LogP contribution >= 0.6 is 11.8 Å². The van der Waals surface area contributed by atoms with E-state index in [0.29, 0.717) is 0 Å². The molecule has 0 spiro atoms. The van der Waals surface area contributed by atoms with Gasteiger partial charge in [-0.05, 0) is 30.9 Å². The summed E-state index contributed by atoms with van der Waals surface area (Å²) in [6, 6.07) is 17.3. The molecule has 2 rings (SSSR count). The lowest BCUT2D eigenvalue weighted by molar-refractivity contribution is -0.117. The molecule has 0 aliphatic heterocycles. The number of nitriles is 1. The van der Waals surface area contributed by atoms with Gasteiger partial charge in [0, 0.05) is 6.54 Å². The predicted molar refractivity (Wildman–Crippen MR) is 106 cm³/mol. The first kappa shape index (κ1) is 20.6. The second kappa shape index (κ2) is 9.26. The maximum absolute atomic E-state index is 12.5. The van der Waals surface area contributed by atoms with Crippen molar-refractivity contribution in [3.05, 3.63) is 76.3 Å². The minimum Gasteiger partial charge on any atom is -0.347 e. The molecule has 0 aromatic heterocycles. The number of hydrogen-bond donors (Lipinski definition) is 2. The smallest absolute Gasteiger partial charge is 0.264 e. The highest BCUT2D eigenvalue weighted by atomic mass is 32.2. The average molecular weight is 402 g/mol. The Morgan fingerprint density at radius 2 is 1.74 bits per heavy atom. The van der Waals surface area contributed by atoms with E-state index >= 15 is 0 Å². The third-order valence-corrected chi connectivity index (χ3v) is 5.83. The minimum atomic E-state index is -3.90. The lowest BCUT2D eigenvalue weighted by atomic mass is 10.2. The molecule has 2 aromatic rings. The van der Waals surface area contributed by atoms with Crippen LogP contribution in [0.15, 0.2) is 70.1 Å². The zero-order valence-corrected chi connectivity index (χ0v) is 16.5. The first-order valence-corrected chi connectivity index (χ1v) is 10.7. The molecule has 0 unspecified atom stereocenters. The van der Waals surface area contributed by atoms with Gasteiger partial charge in [-0.25, -0.2) is 8.42 Å². The van der Waals surface area contributed by atoms with Crippen molar-refractivity contribution in [2.75, 3.05) is 6.26 Å². The number of rotatable bonds is 7. The Bertz CT molecular complexity index is 977. The summed E-state index contributed by atoms with van der Waals surface area (Å²) in [6.45, 7) is 2.08. The molecule has 140 valence electrons. The third kappa shape index (κ3) is 5.61. The number of sulfonamides is 1. The van der Waals surface area contributed by atoms with Crippen LogP contribution in [0.3, 0.4) is 0 Å². The van der Waals surface area contributed by atoms with E-state index in [4.69, 9.17) is 0 Å². The van der Waals surface area contributed by atoms with E-state index in [1.54, 1.807) is 24.5 Å². The number of amides is 1. The van der Waals surface area contributed by atoms with Crippen molar-refractivity contribution in [1.82, 2.24) is 10.0 Å². The maximum Gasteiger partial charge on any atom is 0.264 e. The van der Waals surface area contributed by atoms with Crippen LogP contribution in [0, 0.1) is 18.3 Å². The fourth-order valence-corrected chi connectivity index (χ4v) is 4.13. The topological polar surface area (TPSA) is 99.1 Å². The second-order valence-electron chi connectivity index (χ2n) is 5.61. The van der Waals surface area contributed by atoms with Gasteiger partial charge in [0.05, 0.1) is 4.90 Å². The Morgan fingerprint density at radius 1 is 1.11 bits per heavy atom. The van der Waals surface area contributed by atoms with Crippen molar-refractivity contribution in [1.29, 1.82) is 5.26 Å². The quantitative estimate of drug-likeness (QED) is 0.549. The summed E-state index contributed by atoms with van der Waals surface area (Å²) in [5, 5.41) is 12.0. The first-order valence-electron chi connectivity index (χ1n) is 7.97. The molecule has 0 bridgehead atoms. The molecular weight excluding hydrogens is 382 g/mol. The largest absolute Gasteiger partial charge is 0.347 e. The normalized spacial score (nSPS) is 11.9. The zero-order chi connectivity index (χ0) is 19.9. The van der Waals surface area contributed by atoms with E-state index in [-0.39, 0.29) is 22.0 Å². The molecule has 0 aliphatic carbocycles. The van der Waals surface area contributed by atoms with Gasteiger partial charge in [0.1, 0.15) is 16.7 Å². The van der Waals surface area contributed by atoms with Crippen LogP contribution in [0.5, 0.6) is 0 Å². The number of aryl methyl sites for hydroxylation is 1. The maximum atomic E-state index is 12.5. The molecule has 1 amide bonds. The lowest BCUT2D eigenvalue weighted by Gasteiger charge is -2.12. The van der Waals surface area contributed by atoms with Gasteiger partial charge in [-0.1, -0.05) is 48.0 Å². The summed E-state index contributed by atoms with van der Waals surface area (Å²) in [5.74, 6) is -0.641. The Morgan fingerprint density at radius 3 is 2.30 bits per heavy atom. The van der Waals surface area contributed by atoms with Crippen LogP contribution in [0.1, 0.15) is 11.1 Å². The van der Waals surface area contributed by atoms with Crippen LogP contribution in [-0.2, 0) is 21.4 Å². The summed E-state index contributed by atoms with van der Waals surface area (Å²) in [6.07, 6.45) is 1.59. The fourth-order valence-electron chi connectivity index (χ4n) is 2.16. The van der Waals surface area contributed by atoms with E-state index < -0.39 is 15.9 Å². The van der Waals surface area contributed by atoms with E-state index in [2.05, 4.69) is 10.0 Å². The van der Waals surface area contributed by atoms with Crippen molar-refractivity contribution in [2.45, 2.75) is 18.4 Å². The Balaban J connectivity index is 2.22. The monoisotopic (exact) mass is 401 g/mol. The summed E-state index contributed by atoms with van der Waals surface area (Å²) < 4.78 is 27.4. The number of nitrogens with zero attached hydrogens (tertiary/aromatic N) is 1. The van der Waals surface area contributed by atoms with Gasteiger partial charge in [-0.15, -0.1) is 11.8 Å². The van der Waals surface area contributed by atoms with Crippen LogP contribution in [0.25, 0.3) is 0 Å². The molecule has 6 nitrogen and oxygen atoms in total. The number of nitrogens with one attached hydrogen (secondary N) is 2. The second-order valence-corrected chi connectivity index (χ2v) is 8.11. The van der Waals surface area contributed by atoms with E-state index in [9.17, 15) is 18.5 Å². The van der Waals surface area contributed by atoms with Crippen LogP contribution in [0.2, 0.25) is 0 Å². The van der Waals surface area contributed by atoms with E-state index in [1.165, 1.54) is 12.1 Å². The molecule has 0 fully saturated rings. The number of benzene rings is 2. The Hall–Kier alpha value is -2.76. The van der Waals surface area contributed by atoms with Crippen molar-refractivity contribution in [3.63, 3.8) is 0 Å². The first-order chi connectivity index (χ1) is 12.9. The number of carbonyl (C=O) groups excluding carboxylic acids is 1. The SMILES string of the molecule is CSC(NS(=O)(=O)c1ccc(C)cc1)=C(C#N)C(=O)NCc1ccccc1. The average Bonchev–Trinajstić information content (AvgIpc) is 2.67. The molecule has 27 heavy (non-hydrogen) atoms. The highest BCUT2D eigenvalue weighted by Gasteiger charge is 2.21. The Labute approximate surface area is 163 Å². The summed E-state index contributed by atoms with van der Waals surface area (Å²) in [4.78, 5) is 12.4. The van der Waals surface area contributed by atoms with Gasteiger partial charge >= 0.3 is 0 Å². The van der Waals surface area contributed by atoms with Crippen LogP contribution < -0.4 is 10.0 Å². The van der Waals surface area contributed by atoms with Crippen molar-refractivity contribution >= 4 is 27.7 Å². The van der Waals surface area contributed by atoms with Gasteiger partial charge in [0.2, 0.25) is 0 Å². The molecule has 0 saturated carbocycles. The van der Waals surface area contributed by atoms with Crippen molar-refractivity contribution in [2.24, 2.45) is 0 Å². The molecule has 0 atom stereocenters.